The van der Waals surface area contributed by atoms with Crippen LogP contribution in [0.2, 0.25) is 0 Å². The molecule has 1 aliphatic heterocycles. The molecular formula is C60H101N11O13. The smallest absolute Gasteiger partial charge is 0.243 e. The number of rotatable bonds is 31. The molecule has 0 aliphatic carbocycles. The molecule has 24 heteroatoms. The van der Waals surface area contributed by atoms with Gasteiger partial charge in [-0.25, -0.2) is 0 Å². The van der Waals surface area contributed by atoms with Crippen LogP contribution in [0.4, 0.5) is 0 Å². The van der Waals surface area contributed by atoms with Crippen LogP contribution in [0.15, 0.2) is 30.3 Å². The van der Waals surface area contributed by atoms with Crippen molar-refractivity contribution in [1.82, 2.24) is 37.2 Å². The maximum absolute atomic E-state index is 14.6. The molecule has 0 aromatic heterocycles. The lowest BCUT2D eigenvalue weighted by molar-refractivity contribution is -0.137. The molecule has 7 amide bonds. The van der Waals surface area contributed by atoms with Gasteiger partial charge in [0.25, 0.3) is 0 Å². The van der Waals surface area contributed by atoms with Gasteiger partial charge in [0.1, 0.15) is 30.0 Å². The van der Waals surface area contributed by atoms with E-state index < -0.39 is 151 Å². The molecule has 1 aliphatic rings. The van der Waals surface area contributed by atoms with E-state index in [1.165, 1.54) is 6.92 Å². The highest BCUT2D eigenvalue weighted by Gasteiger charge is 2.37. The highest BCUT2D eigenvalue weighted by molar-refractivity contribution is 5.99. The number of unbranched alkanes of at least 4 members (excludes halogenated alkanes) is 4. The SMILES string of the molecule is CCCCCCCC(=O)C[C@@H](CCN)C(=O)N[C@H](C(=O)C[C@@H](CCN)C(=O)N[C@H]1CCNC(=O)[C@H](CC(C)C)NC(=O)[C@H](CO)CC(=O)[C@H](CCN)NC(=O)[C@H](CC(C)C)NC(=O)[C@@H](Cc2ccccc2)CC(=O)[C@H](CCN)NC1=O)[C@@H](C)O. The van der Waals surface area contributed by atoms with Crippen molar-refractivity contribution in [1.29, 1.82) is 0 Å². The third-order valence-corrected chi connectivity index (χ3v) is 14.9. The zero-order chi connectivity index (χ0) is 62.9. The summed E-state index contributed by atoms with van der Waals surface area (Å²) in [5.74, 6) is -12.6. The molecule has 0 unspecified atom stereocenters. The van der Waals surface area contributed by atoms with E-state index in [4.69, 9.17) is 22.9 Å². The number of ketones is 4. The Hall–Kier alpha value is -6.05. The molecule has 1 fully saturated rings. The number of carbonyl (C=O) groups excluding carboxylic acids is 11. The summed E-state index contributed by atoms with van der Waals surface area (Å²) >= 11 is 0. The number of hydrogen-bond acceptors (Lipinski definition) is 17. The molecule has 84 heavy (non-hydrogen) atoms. The van der Waals surface area contributed by atoms with E-state index in [2.05, 4.69) is 44.1 Å². The molecule has 2 rings (SSSR count). The summed E-state index contributed by atoms with van der Waals surface area (Å²) in [5, 5.41) is 40.0. The summed E-state index contributed by atoms with van der Waals surface area (Å²) < 4.78 is 0. The second-order valence-corrected chi connectivity index (χ2v) is 23.3. The molecule has 0 spiro atoms. The number of hydrogen-bond donors (Lipinski definition) is 13. The maximum Gasteiger partial charge on any atom is 0.243 e. The molecule has 0 saturated carbocycles. The van der Waals surface area contributed by atoms with Crippen LogP contribution in [0, 0.1) is 35.5 Å². The maximum atomic E-state index is 14.6. The fraction of sp³-hybridized carbons (Fsp3) is 0.717. The number of benzene rings is 1. The van der Waals surface area contributed by atoms with Crippen LogP contribution >= 0.6 is 0 Å². The predicted octanol–water partition coefficient (Wildman–Crippen LogP) is 0.180. The standard InChI is InChI=1S/C60H101N11O13/c1-7-8-9-10-14-17-44(74)31-40(18-23-61)55(79)71-53(38(6)73)52(77)32-41(19-24-62)54(78)68-47-22-27-65-58(82)48(28-36(2)3)69-57(81)43(35-72)34-51(76)46(21-26-64)67-60(84)49(29-37(4)5)70-56(80)42(30-39-15-12-11-13-16-39)33-50(75)45(20-25-63)66-59(47)83/h11-13,15-16,36-38,40-43,45-49,53,72-73H,7-10,14,17-35,61-64H2,1-6H3,(H,65,82)(H,66,83)(H,67,84)(H,68,78)(H,69,81)(H,70,80)(H,71,79)/t38-,40-,41-,42+,43+,45+,46+,47+,48+,49+,53+/m1/s1. The van der Waals surface area contributed by atoms with Crippen LogP contribution in [-0.4, -0.2) is 156 Å². The normalized spacial score (nSPS) is 22.6. The van der Waals surface area contributed by atoms with E-state index >= 15 is 0 Å². The Kier molecular flexibility index (Phi) is 35.5. The number of nitrogens with two attached hydrogens (primary N) is 4. The van der Waals surface area contributed by atoms with E-state index in [1.54, 1.807) is 44.2 Å². The average Bonchev–Trinajstić information content (AvgIpc) is 3.43. The van der Waals surface area contributed by atoms with Gasteiger partial charge in [0.2, 0.25) is 41.4 Å². The number of amides is 7. The first-order chi connectivity index (χ1) is 39.9. The zero-order valence-corrected chi connectivity index (χ0v) is 50.6. The highest BCUT2D eigenvalue weighted by Crippen LogP contribution is 2.21. The minimum Gasteiger partial charge on any atom is -0.396 e. The van der Waals surface area contributed by atoms with Gasteiger partial charge < -0.3 is 70.4 Å². The van der Waals surface area contributed by atoms with Gasteiger partial charge in [-0.1, -0.05) is 90.6 Å². The van der Waals surface area contributed by atoms with Gasteiger partial charge in [-0.05, 0) is 108 Å². The van der Waals surface area contributed by atoms with Gasteiger partial charge in [0.15, 0.2) is 17.3 Å². The van der Waals surface area contributed by atoms with Crippen molar-refractivity contribution in [3.8, 4) is 0 Å². The minimum absolute atomic E-state index is 0.0147. The zero-order valence-electron chi connectivity index (χ0n) is 50.6. The third kappa shape index (κ3) is 27.3. The first-order valence-corrected chi connectivity index (χ1v) is 30.3. The van der Waals surface area contributed by atoms with E-state index in [-0.39, 0.29) is 115 Å². The summed E-state index contributed by atoms with van der Waals surface area (Å²) in [6, 6.07) is 0.692. The Morgan fingerprint density at radius 1 is 0.619 bits per heavy atom. The van der Waals surface area contributed by atoms with E-state index in [1.807, 2.05) is 13.8 Å². The van der Waals surface area contributed by atoms with Crippen LogP contribution in [0.1, 0.15) is 156 Å². The molecule has 1 saturated heterocycles. The molecule has 1 heterocycles. The Bertz CT molecular complexity index is 2270. The van der Waals surface area contributed by atoms with Gasteiger partial charge >= 0.3 is 0 Å². The van der Waals surface area contributed by atoms with Crippen LogP contribution in [-0.2, 0) is 59.2 Å². The van der Waals surface area contributed by atoms with Crippen LogP contribution in [0.25, 0.3) is 0 Å². The van der Waals surface area contributed by atoms with Crippen molar-refractivity contribution >= 4 is 64.5 Å². The summed E-state index contributed by atoms with van der Waals surface area (Å²) in [6.45, 7) is 9.23. The molecule has 0 radical (unpaired) electrons. The van der Waals surface area contributed by atoms with Crippen molar-refractivity contribution in [2.24, 2.45) is 58.4 Å². The van der Waals surface area contributed by atoms with Crippen LogP contribution in [0.3, 0.4) is 0 Å². The fourth-order valence-electron chi connectivity index (χ4n) is 10.1. The minimum atomic E-state index is -1.54. The molecule has 1 aromatic rings. The molecule has 11 atom stereocenters. The van der Waals surface area contributed by atoms with Crippen molar-refractivity contribution in [3.05, 3.63) is 35.9 Å². The largest absolute Gasteiger partial charge is 0.396 e. The van der Waals surface area contributed by atoms with Crippen molar-refractivity contribution in [2.75, 3.05) is 39.3 Å². The highest BCUT2D eigenvalue weighted by atomic mass is 16.3. The second kappa shape index (κ2) is 40.3. The summed E-state index contributed by atoms with van der Waals surface area (Å²) in [7, 11) is 0. The average molecular weight is 1180 g/mol. The summed E-state index contributed by atoms with van der Waals surface area (Å²) in [4.78, 5) is 155. The van der Waals surface area contributed by atoms with E-state index in [0.29, 0.717) is 12.0 Å². The fourth-order valence-corrected chi connectivity index (χ4v) is 10.1. The molecule has 474 valence electrons. The molecule has 1 aromatic carbocycles. The van der Waals surface area contributed by atoms with E-state index in [9.17, 15) is 63.0 Å². The van der Waals surface area contributed by atoms with Gasteiger partial charge in [-0.3, -0.25) is 52.7 Å². The molecular weight excluding hydrogens is 1080 g/mol. The van der Waals surface area contributed by atoms with E-state index in [0.717, 1.165) is 25.7 Å². The lowest BCUT2D eigenvalue weighted by Gasteiger charge is -2.28. The van der Waals surface area contributed by atoms with Crippen LogP contribution in [0.5, 0.6) is 0 Å². The Balaban J connectivity index is 2.68. The molecule has 17 N–H and O–H groups in total. The quantitative estimate of drug-likeness (QED) is 0.0441. The predicted molar refractivity (Wildman–Crippen MR) is 318 cm³/mol. The van der Waals surface area contributed by atoms with Crippen molar-refractivity contribution < 1.29 is 63.0 Å². The number of Topliss-reactive ketones (excluding diaryl/α,β-unsaturated/α-hetero) is 4. The van der Waals surface area contributed by atoms with Crippen molar-refractivity contribution in [3.63, 3.8) is 0 Å². The Morgan fingerprint density at radius 3 is 1.65 bits per heavy atom. The third-order valence-electron chi connectivity index (χ3n) is 14.9. The second-order valence-electron chi connectivity index (χ2n) is 23.3. The Labute approximate surface area is 496 Å². The first kappa shape index (κ1) is 74.1. The number of aliphatic hydroxyl groups is 2. The topological polar surface area (TPSA) is 417 Å². The van der Waals surface area contributed by atoms with Gasteiger partial charge in [-0.15, -0.1) is 0 Å². The van der Waals surface area contributed by atoms with Gasteiger partial charge in [0.05, 0.1) is 30.7 Å². The molecule has 24 nitrogen and oxygen atoms in total. The number of carbonyl (C=O) groups is 11. The Morgan fingerprint density at radius 2 is 1.13 bits per heavy atom. The lowest BCUT2D eigenvalue weighted by Crippen LogP contribution is -2.55. The summed E-state index contributed by atoms with van der Waals surface area (Å²) in [6.07, 6.45) is 1.42. The van der Waals surface area contributed by atoms with Crippen molar-refractivity contribution in [2.45, 2.75) is 199 Å². The number of nitrogens with one attached hydrogen (secondary N) is 7. The first-order valence-electron chi connectivity index (χ1n) is 30.3. The monoisotopic (exact) mass is 1180 g/mol. The van der Waals surface area contributed by atoms with Crippen LogP contribution < -0.4 is 60.2 Å². The van der Waals surface area contributed by atoms with Gasteiger partial charge in [-0.2, -0.15) is 0 Å². The lowest BCUT2D eigenvalue weighted by atomic mass is 9.89. The number of aliphatic hydroxyl groups excluding tert-OH is 2. The molecule has 0 bridgehead atoms. The van der Waals surface area contributed by atoms with Gasteiger partial charge in [0, 0.05) is 56.4 Å². The summed E-state index contributed by atoms with van der Waals surface area (Å²) in [5.41, 5.74) is 24.4.